The Kier molecular flexibility index (Phi) is 9.99. The summed E-state index contributed by atoms with van der Waals surface area (Å²) in [5, 5.41) is 0. The minimum absolute atomic E-state index is 0. The van der Waals surface area contributed by atoms with Crippen LogP contribution in [0.15, 0.2) is 30.3 Å². The average Bonchev–Trinajstić information content (AvgIpc) is 2.61. The van der Waals surface area contributed by atoms with Crippen molar-refractivity contribution in [2.24, 2.45) is 0 Å². The molecule has 4 nitrogen and oxygen atoms in total. The summed E-state index contributed by atoms with van der Waals surface area (Å²) in [6.07, 6.45) is 3.58. The van der Waals surface area contributed by atoms with Crippen molar-refractivity contribution in [3.8, 4) is 0 Å². The molecule has 0 saturated carbocycles. The lowest BCUT2D eigenvalue weighted by molar-refractivity contribution is -0.151. The normalized spacial score (nSPS) is 16.5. The van der Waals surface area contributed by atoms with Crippen molar-refractivity contribution >= 4 is 18.4 Å². The number of benzene rings is 1. The molecule has 0 aromatic heterocycles. The van der Waals surface area contributed by atoms with E-state index in [0.29, 0.717) is 6.61 Å². The number of likely N-dealkylation sites (N-methyl/N-ethyl adjacent to an activating group) is 1. The van der Waals surface area contributed by atoms with Gasteiger partial charge in [0.25, 0.3) is 0 Å². The van der Waals surface area contributed by atoms with Crippen LogP contribution in [0.3, 0.4) is 0 Å². The largest absolute Gasteiger partial charge is 0.463 e. The zero-order valence-corrected chi connectivity index (χ0v) is 15.8. The second-order valence-electron chi connectivity index (χ2n) is 6.10. The molecule has 1 aromatic carbocycles. The van der Waals surface area contributed by atoms with Crippen molar-refractivity contribution in [3.05, 3.63) is 35.9 Å². The summed E-state index contributed by atoms with van der Waals surface area (Å²) in [5.74, 6) is -0.106. The van der Waals surface area contributed by atoms with E-state index in [0.717, 1.165) is 51.1 Å². The van der Waals surface area contributed by atoms with E-state index < -0.39 is 0 Å². The Morgan fingerprint density at radius 2 is 1.75 bits per heavy atom. The van der Waals surface area contributed by atoms with Crippen LogP contribution in [0.2, 0.25) is 0 Å². The first kappa shape index (κ1) is 20.9. The van der Waals surface area contributed by atoms with E-state index in [1.165, 1.54) is 6.42 Å². The quantitative estimate of drug-likeness (QED) is 0.669. The van der Waals surface area contributed by atoms with Gasteiger partial charge < -0.3 is 9.64 Å². The highest BCUT2D eigenvalue weighted by atomic mass is 35.5. The molecule has 1 fully saturated rings. The Morgan fingerprint density at radius 1 is 1.12 bits per heavy atom. The Labute approximate surface area is 152 Å². The van der Waals surface area contributed by atoms with Gasteiger partial charge in [-0.05, 0) is 44.6 Å². The van der Waals surface area contributed by atoms with Crippen LogP contribution in [-0.2, 0) is 9.53 Å². The number of likely N-dealkylation sites (tertiary alicyclic amines) is 1. The third-order valence-corrected chi connectivity index (χ3v) is 4.64. The van der Waals surface area contributed by atoms with Crippen LogP contribution in [-0.4, -0.2) is 55.1 Å². The summed E-state index contributed by atoms with van der Waals surface area (Å²) < 4.78 is 5.62. The maximum atomic E-state index is 12.7. The number of hydrogen-bond donors (Lipinski definition) is 0. The molecule has 1 aliphatic rings. The monoisotopic (exact) mass is 354 g/mol. The van der Waals surface area contributed by atoms with Gasteiger partial charge in [-0.1, -0.05) is 50.6 Å². The lowest BCUT2D eigenvalue weighted by Crippen LogP contribution is -2.39. The van der Waals surface area contributed by atoms with Crippen molar-refractivity contribution in [2.45, 2.75) is 39.2 Å². The molecule has 0 unspecified atom stereocenters. The number of piperidine rings is 1. The Balaban J connectivity index is 0.00000288. The van der Waals surface area contributed by atoms with Crippen LogP contribution in [0.5, 0.6) is 0 Å². The summed E-state index contributed by atoms with van der Waals surface area (Å²) in [6.45, 7) is 9.47. The molecule has 0 aliphatic carbocycles. The van der Waals surface area contributed by atoms with Gasteiger partial charge in [0.05, 0.1) is 0 Å². The number of ether oxygens (including phenoxy) is 1. The summed E-state index contributed by atoms with van der Waals surface area (Å²) in [4.78, 5) is 17.3. The SMILES string of the molecule is CCN(CC)CCOC(=O)[C@H](c1ccccc1)N1CCCCC1.Cl. The molecule has 1 saturated heterocycles. The van der Waals surface area contributed by atoms with Gasteiger partial charge in [0.15, 0.2) is 0 Å². The lowest BCUT2D eigenvalue weighted by atomic mass is 10.0. The minimum atomic E-state index is -0.256. The van der Waals surface area contributed by atoms with Gasteiger partial charge in [-0.2, -0.15) is 0 Å². The number of hydrogen-bond acceptors (Lipinski definition) is 4. The highest BCUT2D eigenvalue weighted by Crippen LogP contribution is 2.25. The predicted octanol–water partition coefficient (Wildman–Crippen LogP) is 3.52. The number of nitrogens with zero attached hydrogens (tertiary/aromatic N) is 2. The zero-order valence-electron chi connectivity index (χ0n) is 14.9. The molecule has 1 atom stereocenters. The molecular formula is C19H31ClN2O2. The van der Waals surface area contributed by atoms with Gasteiger partial charge >= 0.3 is 5.97 Å². The number of carbonyl (C=O) groups is 1. The maximum absolute atomic E-state index is 12.7. The van der Waals surface area contributed by atoms with Crippen LogP contribution >= 0.6 is 12.4 Å². The number of carbonyl (C=O) groups excluding carboxylic acids is 1. The Hall–Kier alpha value is -1.10. The fourth-order valence-electron chi connectivity index (χ4n) is 3.20. The lowest BCUT2D eigenvalue weighted by Gasteiger charge is -2.33. The standard InChI is InChI=1S/C19H30N2O2.ClH/c1-3-20(4-2)15-16-23-19(22)18(17-11-7-5-8-12-17)21-13-9-6-10-14-21;/h5,7-8,11-12,18H,3-4,6,9-10,13-16H2,1-2H3;1H/t18-;/m0./s1. The minimum Gasteiger partial charge on any atom is -0.463 e. The molecule has 1 aromatic rings. The van der Waals surface area contributed by atoms with E-state index in [1.807, 2.05) is 30.3 Å². The van der Waals surface area contributed by atoms with Gasteiger partial charge in [0.2, 0.25) is 0 Å². The van der Waals surface area contributed by atoms with Gasteiger partial charge in [-0.3, -0.25) is 4.90 Å². The molecule has 0 spiro atoms. The molecule has 0 amide bonds. The predicted molar refractivity (Wildman–Crippen MR) is 101 cm³/mol. The summed E-state index contributed by atoms with van der Waals surface area (Å²) in [6, 6.07) is 9.79. The van der Waals surface area contributed by atoms with Gasteiger partial charge in [-0.15, -0.1) is 12.4 Å². The zero-order chi connectivity index (χ0) is 16.5. The molecule has 0 bridgehead atoms. The second kappa shape index (κ2) is 11.5. The number of rotatable bonds is 8. The Bertz CT molecular complexity index is 460. The van der Waals surface area contributed by atoms with Gasteiger partial charge in [0.1, 0.15) is 12.6 Å². The molecule has 2 rings (SSSR count). The van der Waals surface area contributed by atoms with Crippen LogP contribution in [0.1, 0.15) is 44.7 Å². The molecule has 24 heavy (non-hydrogen) atoms. The summed E-state index contributed by atoms with van der Waals surface area (Å²) in [5.41, 5.74) is 1.04. The van der Waals surface area contributed by atoms with E-state index in [2.05, 4.69) is 23.6 Å². The molecule has 0 radical (unpaired) electrons. The average molecular weight is 355 g/mol. The van der Waals surface area contributed by atoms with Crippen LogP contribution in [0.25, 0.3) is 0 Å². The second-order valence-corrected chi connectivity index (χ2v) is 6.10. The van der Waals surface area contributed by atoms with Crippen molar-refractivity contribution < 1.29 is 9.53 Å². The molecule has 0 N–H and O–H groups in total. The molecular weight excluding hydrogens is 324 g/mol. The fourth-order valence-corrected chi connectivity index (χ4v) is 3.20. The first-order valence-electron chi connectivity index (χ1n) is 8.94. The summed E-state index contributed by atoms with van der Waals surface area (Å²) >= 11 is 0. The molecule has 5 heteroatoms. The van der Waals surface area contributed by atoms with Crippen molar-refractivity contribution in [3.63, 3.8) is 0 Å². The molecule has 1 heterocycles. The third kappa shape index (κ3) is 6.08. The highest BCUT2D eigenvalue weighted by molar-refractivity contribution is 5.85. The number of esters is 1. The van der Waals surface area contributed by atoms with E-state index in [4.69, 9.17) is 4.74 Å². The van der Waals surface area contributed by atoms with E-state index in [9.17, 15) is 4.79 Å². The van der Waals surface area contributed by atoms with Crippen molar-refractivity contribution in [1.29, 1.82) is 0 Å². The Morgan fingerprint density at radius 3 is 2.33 bits per heavy atom. The van der Waals surface area contributed by atoms with Crippen LogP contribution < -0.4 is 0 Å². The molecule has 1 aliphatic heterocycles. The summed E-state index contributed by atoms with van der Waals surface area (Å²) in [7, 11) is 0. The van der Waals surface area contributed by atoms with E-state index in [-0.39, 0.29) is 24.4 Å². The van der Waals surface area contributed by atoms with Crippen LogP contribution in [0, 0.1) is 0 Å². The maximum Gasteiger partial charge on any atom is 0.328 e. The molecule has 136 valence electrons. The van der Waals surface area contributed by atoms with E-state index >= 15 is 0 Å². The van der Waals surface area contributed by atoms with Crippen molar-refractivity contribution in [1.82, 2.24) is 9.80 Å². The first-order chi connectivity index (χ1) is 11.3. The van der Waals surface area contributed by atoms with Crippen LogP contribution in [0.4, 0.5) is 0 Å². The van der Waals surface area contributed by atoms with Crippen molar-refractivity contribution in [2.75, 3.05) is 39.3 Å². The van der Waals surface area contributed by atoms with E-state index in [1.54, 1.807) is 0 Å². The topological polar surface area (TPSA) is 32.8 Å². The number of halogens is 1. The smallest absolute Gasteiger partial charge is 0.328 e. The third-order valence-electron chi connectivity index (χ3n) is 4.64. The fraction of sp³-hybridized carbons (Fsp3) is 0.632. The van der Waals surface area contributed by atoms with Gasteiger partial charge in [0, 0.05) is 6.54 Å². The highest BCUT2D eigenvalue weighted by Gasteiger charge is 2.29. The first-order valence-corrected chi connectivity index (χ1v) is 8.94. The van der Waals surface area contributed by atoms with Gasteiger partial charge in [-0.25, -0.2) is 4.79 Å².